The summed E-state index contributed by atoms with van der Waals surface area (Å²) >= 11 is 1.95. The summed E-state index contributed by atoms with van der Waals surface area (Å²) in [6.07, 6.45) is 2.80. The zero-order valence-electron chi connectivity index (χ0n) is 4.68. The highest BCUT2D eigenvalue weighted by Gasteiger charge is 2.03. The first-order chi connectivity index (χ1) is 3.39. The van der Waals surface area contributed by atoms with E-state index in [0.29, 0.717) is 0 Å². The van der Waals surface area contributed by atoms with Gasteiger partial charge in [-0.15, -0.1) is 0 Å². The molecule has 0 N–H and O–H groups in total. The summed E-state index contributed by atoms with van der Waals surface area (Å²) in [7, 11) is 2.16. The monoisotopic (exact) mass is 117 g/mol. The Morgan fingerprint density at radius 2 is 2.29 bits per heavy atom. The second kappa shape index (κ2) is 2.58. The molecule has 42 valence electrons. The molecule has 0 amide bonds. The molecular formula is C5H11NS. The van der Waals surface area contributed by atoms with Crippen LogP contribution in [0.2, 0.25) is 0 Å². The maximum Gasteiger partial charge on any atom is 0.00865 e. The van der Waals surface area contributed by atoms with Crippen molar-refractivity contribution in [1.29, 1.82) is 0 Å². The molecule has 1 aliphatic rings. The lowest BCUT2D eigenvalue weighted by Gasteiger charge is -2.19. The fraction of sp³-hybridized carbons (Fsp3) is 1.00. The minimum Gasteiger partial charge on any atom is -0.254 e. The maximum absolute atomic E-state index is 2.31. The van der Waals surface area contributed by atoms with Crippen LogP contribution in [0.25, 0.3) is 0 Å². The Hall–Kier alpha value is 0.310. The highest BCUT2D eigenvalue weighted by Crippen LogP contribution is 2.15. The molecule has 0 atom stereocenters. The maximum atomic E-state index is 2.31. The molecule has 0 aromatic rings. The molecule has 1 aliphatic heterocycles. The smallest absolute Gasteiger partial charge is 0.00865 e. The van der Waals surface area contributed by atoms with E-state index in [2.05, 4.69) is 11.4 Å². The third-order valence-corrected chi connectivity index (χ3v) is 2.27. The summed E-state index contributed by atoms with van der Waals surface area (Å²) in [6.45, 7) is 1.28. The molecule has 0 radical (unpaired) electrons. The van der Waals surface area contributed by atoms with E-state index in [1.807, 2.05) is 11.9 Å². The van der Waals surface area contributed by atoms with E-state index in [9.17, 15) is 0 Å². The quantitative estimate of drug-likeness (QED) is 0.441. The zero-order valence-corrected chi connectivity index (χ0v) is 5.50. The lowest BCUT2D eigenvalue weighted by atomic mass is 10.3. The molecule has 0 bridgehead atoms. The van der Waals surface area contributed by atoms with Crippen LogP contribution in [0.1, 0.15) is 12.8 Å². The van der Waals surface area contributed by atoms with Gasteiger partial charge >= 0.3 is 0 Å². The molecule has 1 nitrogen and oxygen atoms in total. The van der Waals surface area contributed by atoms with E-state index in [1.165, 1.54) is 25.1 Å². The van der Waals surface area contributed by atoms with Crippen LogP contribution in [-0.2, 0) is 0 Å². The van der Waals surface area contributed by atoms with E-state index < -0.39 is 0 Å². The summed E-state index contributed by atoms with van der Waals surface area (Å²) < 4.78 is 2.31. The van der Waals surface area contributed by atoms with Gasteiger partial charge in [0.15, 0.2) is 0 Å². The van der Waals surface area contributed by atoms with Crippen molar-refractivity contribution in [3.8, 4) is 0 Å². The number of rotatable bonds is 0. The van der Waals surface area contributed by atoms with Gasteiger partial charge in [-0.25, -0.2) is 0 Å². The molecule has 0 spiro atoms. The summed E-state index contributed by atoms with van der Waals surface area (Å²) in [5.41, 5.74) is 0. The van der Waals surface area contributed by atoms with Gasteiger partial charge in [-0.3, -0.25) is 4.31 Å². The molecule has 1 heterocycles. The first-order valence-corrected chi connectivity index (χ1v) is 3.68. The normalized spacial score (nSPS) is 25.3. The average Bonchev–Trinajstić information content (AvgIpc) is 1.69. The predicted octanol–water partition coefficient (Wildman–Crippen LogP) is 1.36. The first-order valence-electron chi connectivity index (χ1n) is 2.73. The number of hydrogen-bond acceptors (Lipinski definition) is 2. The van der Waals surface area contributed by atoms with Gasteiger partial charge in [0.1, 0.15) is 0 Å². The summed E-state index contributed by atoms with van der Waals surface area (Å²) in [5, 5.41) is 0. The lowest BCUT2D eigenvalue weighted by molar-refractivity contribution is 0.517. The first kappa shape index (κ1) is 5.45. The topological polar surface area (TPSA) is 3.24 Å². The molecule has 1 fully saturated rings. The molecule has 0 unspecified atom stereocenters. The van der Waals surface area contributed by atoms with Crippen LogP contribution in [0, 0.1) is 0 Å². The summed E-state index contributed by atoms with van der Waals surface area (Å²) in [5.74, 6) is 1.33. The third-order valence-electron chi connectivity index (χ3n) is 1.18. The van der Waals surface area contributed by atoms with Gasteiger partial charge in [0.05, 0.1) is 0 Å². The molecule has 0 aromatic carbocycles. The molecule has 1 rings (SSSR count). The minimum absolute atomic E-state index is 1.28. The van der Waals surface area contributed by atoms with E-state index in [1.54, 1.807) is 0 Å². The Kier molecular flexibility index (Phi) is 2.00. The Balaban J connectivity index is 2.12. The molecule has 2 heteroatoms. The highest BCUT2D eigenvalue weighted by molar-refractivity contribution is 7.97. The molecular weight excluding hydrogens is 106 g/mol. The Bertz CT molecular complexity index is 50.0. The van der Waals surface area contributed by atoms with E-state index in [-0.39, 0.29) is 0 Å². The van der Waals surface area contributed by atoms with Crippen molar-refractivity contribution in [2.45, 2.75) is 12.8 Å². The third kappa shape index (κ3) is 1.70. The van der Waals surface area contributed by atoms with Crippen LogP contribution in [0.15, 0.2) is 0 Å². The summed E-state index contributed by atoms with van der Waals surface area (Å²) in [6, 6.07) is 0. The van der Waals surface area contributed by atoms with Gasteiger partial charge < -0.3 is 0 Å². The Morgan fingerprint density at radius 3 is 2.57 bits per heavy atom. The van der Waals surface area contributed by atoms with Gasteiger partial charge in [-0.1, -0.05) is 11.9 Å². The second-order valence-corrected chi connectivity index (χ2v) is 3.18. The van der Waals surface area contributed by atoms with Gasteiger partial charge in [-0.05, 0) is 19.9 Å². The standard InChI is InChI=1S/C5H11NS/c1-6-4-2-3-5-7-6/h2-5H2,1H3. The fourth-order valence-electron chi connectivity index (χ4n) is 0.721. The SMILES string of the molecule is CN1CCCCS1. The summed E-state index contributed by atoms with van der Waals surface area (Å²) in [4.78, 5) is 0. The van der Waals surface area contributed by atoms with Crippen LogP contribution in [0.5, 0.6) is 0 Å². The van der Waals surface area contributed by atoms with Crippen LogP contribution >= 0.6 is 11.9 Å². The van der Waals surface area contributed by atoms with Gasteiger partial charge in [-0.2, -0.15) is 0 Å². The highest BCUT2D eigenvalue weighted by atomic mass is 32.2. The number of hydrogen-bond donors (Lipinski definition) is 0. The second-order valence-electron chi connectivity index (χ2n) is 1.89. The van der Waals surface area contributed by atoms with Crippen LogP contribution in [-0.4, -0.2) is 23.7 Å². The Morgan fingerprint density at radius 1 is 1.43 bits per heavy atom. The lowest BCUT2D eigenvalue weighted by Crippen LogP contribution is -2.16. The van der Waals surface area contributed by atoms with Crippen LogP contribution < -0.4 is 0 Å². The van der Waals surface area contributed by atoms with Crippen molar-refractivity contribution in [3.63, 3.8) is 0 Å². The molecule has 0 saturated carbocycles. The van der Waals surface area contributed by atoms with Crippen molar-refractivity contribution in [2.24, 2.45) is 0 Å². The van der Waals surface area contributed by atoms with E-state index >= 15 is 0 Å². The van der Waals surface area contributed by atoms with Gasteiger partial charge in [0.2, 0.25) is 0 Å². The predicted molar refractivity (Wildman–Crippen MR) is 34.3 cm³/mol. The molecule has 1 saturated heterocycles. The average molecular weight is 117 g/mol. The minimum atomic E-state index is 1.28. The largest absolute Gasteiger partial charge is 0.254 e. The van der Waals surface area contributed by atoms with Crippen LogP contribution in [0.4, 0.5) is 0 Å². The van der Waals surface area contributed by atoms with E-state index in [0.717, 1.165) is 0 Å². The molecule has 7 heavy (non-hydrogen) atoms. The Labute approximate surface area is 49.2 Å². The van der Waals surface area contributed by atoms with Crippen molar-refractivity contribution >= 4 is 11.9 Å². The van der Waals surface area contributed by atoms with Crippen LogP contribution in [0.3, 0.4) is 0 Å². The number of nitrogens with zero attached hydrogens (tertiary/aromatic N) is 1. The van der Waals surface area contributed by atoms with Crippen molar-refractivity contribution in [2.75, 3.05) is 19.3 Å². The van der Waals surface area contributed by atoms with Crippen molar-refractivity contribution < 1.29 is 0 Å². The van der Waals surface area contributed by atoms with E-state index in [4.69, 9.17) is 0 Å². The molecule has 0 aliphatic carbocycles. The zero-order chi connectivity index (χ0) is 5.11. The van der Waals surface area contributed by atoms with Crippen molar-refractivity contribution in [1.82, 2.24) is 4.31 Å². The fourth-order valence-corrected chi connectivity index (χ4v) is 1.62. The van der Waals surface area contributed by atoms with Gasteiger partial charge in [0.25, 0.3) is 0 Å². The molecule has 0 aromatic heterocycles. The van der Waals surface area contributed by atoms with Crippen molar-refractivity contribution in [3.05, 3.63) is 0 Å². The van der Waals surface area contributed by atoms with Gasteiger partial charge in [0, 0.05) is 12.3 Å².